The summed E-state index contributed by atoms with van der Waals surface area (Å²) in [5.41, 5.74) is -2.63. The van der Waals surface area contributed by atoms with Crippen molar-refractivity contribution in [2.45, 2.75) is 12.0 Å². The van der Waals surface area contributed by atoms with E-state index in [4.69, 9.17) is 15.3 Å². The smallest absolute Gasteiger partial charge is 0.340 e. The maximum Gasteiger partial charge on any atom is 0.340 e. The monoisotopic (exact) mass is 200 g/mol. The Hall–Kier alpha value is -1.82. The van der Waals surface area contributed by atoms with Crippen LogP contribution in [0.1, 0.15) is 6.42 Å². The van der Waals surface area contributed by atoms with E-state index in [9.17, 15) is 14.7 Å². The molecule has 0 radical (unpaired) electrons. The fourth-order valence-corrected chi connectivity index (χ4v) is 1.07. The Kier molecular flexibility index (Phi) is 2.31. The molecule has 6 nitrogen and oxygen atoms in total. The Labute approximate surface area is 78.4 Å². The van der Waals surface area contributed by atoms with Crippen molar-refractivity contribution < 1.29 is 30.0 Å². The Morgan fingerprint density at radius 2 is 1.93 bits per heavy atom. The molecule has 0 amide bonds. The molecule has 4 N–H and O–H groups in total. The van der Waals surface area contributed by atoms with Crippen molar-refractivity contribution in [3.05, 3.63) is 23.5 Å². The minimum atomic E-state index is -2.22. The van der Waals surface area contributed by atoms with Crippen molar-refractivity contribution in [1.82, 2.24) is 0 Å². The van der Waals surface area contributed by atoms with E-state index in [2.05, 4.69) is 0 Å². The van der Waals surface area contributed by atoms with Crippen LogP contribution in [0, 0.1) is 0 Å². The van der Waals surface area contributed by atoms with Gasteiger partial charge in [-0.3, -0.25) is 0 Å². The van der Waals surface area contributed by atoms with E-state index in [0.29, 0.717) is 0 Å². The van der Waals surface area contributed by atoms with Crippen LogP contribution in [-0.4, -0.2) is 38.0 Å². The van der Waals surface area contributed by atoms with Crippen molar-refractivity contribution in [3.8, 4) is 0 Å². The second-order valence-corrected chi connectivity index (χ2v) is 2.91. The number of carboxylic acids is 2. The van der Waals surface area contributed by atoms with Crippen LogP contribution in [0.15, 0.2) is 23.5 Å². The van der Waals surface area contributed by atoms with Crippen LogP contribution < -0.4 is 0 Å². The fourth-order valence-electron chi connectivity index (χ4n) is 1.07. The third-order valence-electron chi connectivity index (χ3n) is 1.87. The van der Waals surface area contributed by atoms with Crippen molar-refractivity contribution in [3.63, 3.8) is 0 Å². The molecule has 0 heterocycles. The molecule has 0 saturated carbocycles. The SMILES string of the molecule is O=C(O)C1=C(O)CC(O)(C(=O)O)C=C1. The topological polar surface area (TPSA) is 115 Å². The lowest BCUT2D eigenvalue weighted by Crippen LogP contribution is -2.38. The minimum Gasteiger partial charge on any atom is -0.511 e. The predicted molar refractivity (Wildman–Crippen MR) is 43.6 cm³/mol. The lowest BCUT2D eigenvalue weighted by atomic mass is 9.91. The highest BCUT2D eigenvalue weighted by Gasteiger charge is 2.38. The normalized spacial score (nSPS) is 26.4. The molecule has 0 aromatic carbocycles. The van der Waals surface area contributed by atoms with Crippen LogP contribution in [0.3, 0.4) is 0 Å². The largest absolute Gasteiger partial charge is 0.511 e. The summed E-state index contributed by atoms with van der Waals surface area (Å²) in [6, 6.07) is 0. The van der Waals surface area contributed by atoms with Gasteiger partial charge in [0.05, 0.1) is 5.57 Å². The standard InChI is InChI=1S/C8H8O6/c9-5-3-8(14,7(12)13)2-1-4(5)6(10)11/h1-2,9,14H,3H2,(H,10,11)(H,12,13). The van der Waals surface area contributed by atoms with Crippen LogP contribution in [0.25, 0.3) is 0 Å². The van der Waals surface area contributed by atoms with Crippen LogP contribution in [0.5, 0.6) is 0 Å². The Balaban J connectivity index is 3.02. The lowest BCUT2D eigenvalue weighted by molar-refractivity contribution is -0.154. The van der Waals surface area contributed by atoms with Gasteiger partial charge >= 0.3 is 11.9 Å². The first-order chi connectivity index (χ1) is 6.37. The van der Waals surface area contributed by atoms with E-state index in [1.54, 1.807) is 0 Å². The van der Waals surface area contributed by atoms with E-state index in [-0.39, 0.29) is 0 Å². The van der Waals surface area contributed by atoms with Gasteiger partial charge in [-0.05, 0) is 12.2 Å². The van der Waals surface area contributed by atoms with Gasteiger partial charge in [0, 0.05) is 6.42 Å². The minimum absolute atomic E-state index is 0.407. The van der Waals surface area contributed by atoms with Crippen LogP contribution in [0.4, 0.5) is 0 Å². The summed E-state index contributed by atoms with van der Waals surface area (Å²) in [6.45, 7) is 0. The third kappa shape index (κ3) is 1.60. The molecule has 1 aliphatic carbocycles. The average Bonchev–Trinajstić information content (AvgIpc) is 2.02. The Morgan fingerprint density at radius 1 is 1.36 bits per heavy atom. The van der Waals surface area contributed by atoms with Crippen molar-refractivity contribution in [2.24, 2.45) is 0 Å². The molecule has 0 aromatic heterocycles. The highest BCUT2D eigenvalue weighted by Crippen LogP contribution is 2.25. The molecular weight excluding hydrogens is 192 g/mol. The van der Waals surface area contributed by atoms with Gasteiger partial charge in [0.2, 0.25) is 0 Å². The van der Waals surface area contributed by atoms with Gasteiger partial charge < -0.3 is 20.4 Å². The van der Waals surface area contributed by atoms with Crippen molar-refractivity contribution in [1.29, 1.82) is 0 Å². The van der Waals surface area contributed by atoms with Gasteiger partial charge in [0.1, 0.15) is 5.76 Å². The first-order valence-corrected chi connectivity index (χ1v) is 3.67. The van der Waals surface area contributed by atoms with Crippen molar-refractivity contribution in [2.75, 3.05) is 0 Å². The second-order valence-electron chi connectivity index (χ2n) is 2.91. The lowest BCUT2D eigenvalue weighted by Gasteiger charge is -2.22. The molecule has 0 saturated heterocycles. The molecule has 0 aliphatic heterocycles. The Morgan fingerprint density at radius 3 is 2.29 bits per heavy atom. The summed E-state index contributed by atoms with van der Waals surface area (Å²) in [5, 5.41) is 35.6. The zero-order valence-electron chi connectivity index (χ0n) is 6.97. The molecule has 0 fully saturated rings. The number of carboxylic acid groups (broad SMARTS) is 2. The third-order valence-corrected chi connectivity index (χ3v) is 1.87. The Bertz CT molecular complexity index is 353. The summed E-state index contributed by atoms with van der Waals surface area (Å²) in [6.07, 6.45) is 1.06. The number of rotatable bonds is 2. The maximum atomic E-state index is 10.5. The molecule has 1 aliphatic rings. The van der Waals surface area contributed by atoms with E-state index in [1.165, 1.54) is 0 Å². The summed E-state index contributed by atoms with van der Waals surface area (Å²) < 4.78 is 0. The van der Waals surface area contributed by atoms with E-state index in [1.807, 2.05) is 0 Å². The second kappa shape index (κ2) is 3.15. The van der Waals surface area contributed by atoms with E-state index in [0.717, 1.165) is 12.2 Å². The van der Waals surface area contributed by atoms with Gasteiger partial charge in [-0.1, -0.05) is 0 Å². The molecule has 0 spiro atoms. The maximum absolute atomic E-state index is 10.5. The van der Waals surface area contributed by atoms with Gasteiger partial charge in [-0.25, -0.2) is 9.59 Å². The molecule has 1 unspecified atom stereocenters. The average molecular weight is 200 g/mol. The van der Waals surface area contributed by atoms with Gasteiger partial charge in [0.15, 0.2) is 5.60 Å². The van der Waals surface area contributed by atoms with E-state index < -0.39 is 35.3 Å². The van der Waals surface area contributed by atoms with Crippen LogP contribution in [0.2, 0.25) is 0 Å². The number of hydrogen-bond donors (Lipinski definition) is 4. The molecule has 1 rings (SSSR count). The number of aliphatic hydroxyl groups excluding tert-OH is 1. The van der Waals surface area contributed by atoms with Gasteiger partial charge in [-0.15, -0.1) is 0 Å². The molecule has 1 atom stereocenters. The zero-order valence-corrected chi connectivity index (χ0v) is 6.97. The first-order valence-electron chi connectivity index (χ1n) is 3.67. The summed E-state index contributed by atoms with van der Waals surface area (Å²) in [4.78, 5) is 21.0. The zero-order chi connectivity index (χ0) is 10.9. The predicted octanol–water partition coefficient (Wildman–Crippen LogP) is -0.341. The van der Waals surface area contributed by atoms with Crippen molar-refractivity contribution >= 4 is 11.9 Å². The molecule has 0 bridgehead atoms. The highest BCUT2D eigenvalue weighted by atomic mass is 16.4. The number of aliphatic carboxylic acids is 2. The van der Waals surface area contributed by atoms with Gasteiger partial charge in [0.25, 0.3) is 0 Å². The summed E-state index contributed by atoms with van der Waals surface area (Å²) in [5.74, 6) is -3.55. The van der Waals surface area contributed by atoms with Gasteiger partial charge in [-0.2, -0.15) is 0 Å². The summed E-state index contributed by atoms with van der Waals surface area (Å²) in [7, 11) is 0. The summed E-state index contributed by atoms with van der Waals surface area (Å²) >= 11 is 0. The van der Waals surface area contributed by atoms with Crippen LogP contribution in [-0.2, 0) is 9.59 Å². The quantitative estimate of drug-likeness (QED) is 0.484. The molecule has 14 heavy (non-hydrogen) atoms. The van der Waals surface area contributed by atoms with Crippen LogP contribution >= 0.6 is 0 Å². The molecule has 0 aromatic rings. The fraction of sp³-hybridized carbons (Fsp3) is 0.250. The number of aliphatic hydroxyl groups is 2. The molecular formula is C8H8O6. The number of carbonyl (C=O) groups is 2. The number of hydrogen-bond acceptors (Lipinski definition) is 4. The molecule has 6 heteroatoms. The highest BCUT2D eigenvalue weighted by molar-refractivity contribution is 5.92. The first kappa shape index (κ1) is 10.3. The molecule has 76 valence electrons. The van der Waals surface area contributed by atoms with E-state index >= 15 is 0 Å².